The van der Waals surface area contributed by atoms with Crippen molar-refractivity contribution in [2.45, 2.75) is 13.5 Å². The zero-order valence-electron chi connectivity index (χ0n) is 20.6. The predicted molar refractivity (Wildman–Crippen MR) is 136 cm³/mol. The standard InChI is InChI=1S/C25H20F3N3O8S/c1-2-37-25(36)29-7-8-38-18-6-5-15(27)20(28)13(18)10-39-12-3-4-14(26)17(9-12)31-22(32)19-16(30-24(31)35)11-40-21(19)23(33)34/h3-6,9,11H,2,7-8,10H2,1H3,(H,29,36)(H,30,35)(H,33,34). The van der Waals surface area contributed by atoms with E-state index >= 15 is 0 Å². The summed E-state index contributed by atoms with van der Waals surface area (Å²) in [6.45, 7) is 1.07. The van der Waals surface area contributed by atoms with Crippen LogP contribution >= 0.6 is 11.3 Å². The molecule has 15 heteroatoms. The van der Waals surface area contributed by atoms with E-state index in [4.69, 9.17) is 14.2 Å². The number of ether oxygens (including phenoxy) is 3. The van der Waals surface area contributed by atoms with Crippen molar-refractivity contribution in [3.05, 3.63) is 84.4 Å². The quantitative estimate of drug-likeness (QED) is 0.242. The van der Waals surface area contributed by atoms with Crippen LogP contribution in [0.4, 0.5) is 18.0 Å². The molecule has 0 saturated carbocycles. The highest BCUT2D eigenvalue weighted by molar-refractivity contribution is 7.13. The molecule has 2 heterocycles. The van der Waals surface area contributed by atoms with Gasteiger partial charge in [0.1, 0.15) is 35.4 Å². The van der Waals surface area contributed by atoms with Crippen molar-refractivity contribution in [3.63, 3.8) is 0 Å². The Morgan fingerprint density at radius 3 is 2.58 bits per heavy atom. The molecule has 40 heavy (non-hydrogen) atoms. The van der Waals surface area contributed by atoms with Gasteiger partial charge < -0.3 is 29.6 Å². The molecule has 3 N–H and O–H groups in total. The van der Waals surface area contributed by atoms with E-state index in [1.54, 1.807) is 6.92 Å². The van der Waals surface area contributed by atoms with E-state index in [1.165, 1.54) is 5.38 Å². The highest BCUT2D eigenvalue weighted by atomic mass is 32.1. The van der Waals surface area contributed by atoms with Gasteiger partial charge in [0.25, 0.3) is 5.56 Å². The molecule has 2 aromatic heterocycles. The van der Waals surface area contributed by atoms with Crippen molar-refractivity contribution in [1.29, 1.82) is 0 Å². The number of halogens is 3. The lowest BCUT2D eigenvalue weighted by molar-refractivity contribution is 0.0704. The zero-order chi connectivity index (χ0) is 29.0. The van der Waals surface area contributed by atoms with Crippen molar-refractivity contribution >= 4 is 34.3 Å². The van der Waals surface area contributed by atoms with Gasteiger partial charge in [-0.15, -0.1) is 11.3 Å². The SMILES string of the molecule is CCOC(=O)NCCOc1ccc(F)c(F)c1COc1ccc(F)c(-n2c(=O)[nH]c3csc(C(=O)O)c3c2=O)c1. The number of H-pyrrole nitrogens is 1. The number of rotatable bonds is 10. The van der Waals surface area contributed by atoms with Gasteiger partial charge in [0.2, 0.25) is 0 Å². The molecule has 0 aliphatic rings. The summed E-state index contributed by atoms with van der Waals surface area (Å²) in [5.41, 5.74) is -3.02. The smallest absolute Gasteiger partial charge is 0.407 e. The molecule has 0 atom stereocenters. The van der Waals surface area contributed by atoms with Gasteiger partial charge >= 0.3 is 17.8 Å². The van der Waals surface area contributed by atoms with Crippen LogP contribution in [0.2, 0.25) is 0 Å². The molecule has 11 nitrogen and oxygen atoms in total. The van der Waals surface area contributed by atoms with Crippen LogP contribution < -0.4 is 26.0 Å². The average molecular weight is 580 g/mol. The van der Waals surface area contributed by atoms with Crippen molar-refractivity contribution in [1.82, 2.24) is 14.9 Å². The summed E-state index contributed by atoms with van der Waals surface area (Å²) < 4.78 is 59.4. The number of carbonyl (C=O) groups excluding carboxylic acids is 1. The predicted octanol–water partition coefficient (Wildman–Crippen LogP) is 3.56. The van der Waals surface area contributed by atoms with Crippen LogP contribution in [-0.4, -0.2) is 46.5 Å². The molecular formula is C25H20F3N3O8S. The number of nitrogens with zero attached hydrogens (tertiary/aromatic N) is 1. The van der Waals surface area contributed by atoms with E-state index in [1.807, 2.05) is 0 Å². The highest BCUT2D eigenvalue weighted by Gasteiger charge is 2.21. The number of amides is 1. The van der Waals surface area contributed by atoms with Gasteiger partial charge in [0.15, 0.2) is 11.6 Å². The normalized spacial score (nSPS) is 10.9. The number of aromatic carboxylic acids is 1. The van der Waals surface area contributed by atoms with Crippen LogP contribution in [0.25, 0.3) is 16.6 Å². The molecule has 0 unspecified atom stereocenters. The van der Waals surface area contributed by atoms with Crippen molar-refractivity contribution in [2.75, 3.05) is 19.8 Å². The molecule has 4 aromatic rings. The van der Waals surface area contributed by atoms with E-state index < -0.39 is 53.1 Å². The zero-order valence-corrected chi connectivity index (χ0v) is 21.4. The lowest BCUT2D eigenvalue weighted by Gasteiger charge is -2.15. The minimum absolute atomic E-state index is 0.000806. The maximum absolute atomic E-state index is 14.8. The second kappa shape index (κ2) is 11.9. The molecule has 2 aromatic carbocycles. The molecule has 210 valence electrons. The molecule has 1 amide bonds. The number of aromatic nitrogens is 2. The first-order valence-electron chi connectivity index (χ1n) is 11.5. The molecule has 0 bridgehead atoms. The fourth-order valence-electron chi connectivity index (χ4n) is 3.66. The first-order valence-corrected chi connectivity index (χ1v) is 12.4. The van der Waals surface area contributed by atoms with Gasteiger partial charge in [-0.3, -0.25) is 4.79 Å². The lowest BCUT2D eigenvalue weighted by Crippen LogP contribution is -2.34. The van der Waals surface area contributed by atoms with Gasteiger partial charge in [0.05, 0.1) is 35.3 Å². The molecule has 0 fully saturated rings. The number of fused-ring (bicyclic) bond motifs is 1. The fourth-order valence-corrected chi connectivity index (χ4v) is 4.49. The molecule has 0 radical (unpaired) electrons. The minimum atomic E-state index is -1.40. The summed E-state index contributed by atoms with van der Waals surface area (Å²) in [7, 11) is 0. The van der Waals surface area contributed by atoms with Gasteiger partial charge in [-0.1, -0.05) is 0 Å². The van der Waals surface area contributed by atoms with E-state index in [9.17, 15) is 37.5 Å². The Hall–Kier alpha value is -4.79. The maximum atomic E-state index is 14.8. The van der Waals surface area contributed by atoms with Crippen molar-refractivity contribution < 1.29 is 42.1 Å². The van der Waals surface area contributed by atoms with E-state index in [2.05, 4.69) is 10.3 Å². The van der Waals surface area contributed by atoms with Gasteiger partial charge in [-0.2, -0.15) is 0 Å². The number of benzene rings is 2. The number of carbonyl (C=O) groups is 2. The molecule has 0 saturated heterocycles. The number of nitrogens with one attached hydrogen (secondary N) is 2. The lowest BCUT2D eigenvalue weighted by atomic mass is 10.2. The first-order chi connectivity index (χ1) is 19.1. The second-order valence-corrected chi connectivity index (χ2v) is 8.84. The molecular weight excluding hydrogens is 559 g/mol. The Balaban J connectivity index is 1.60. The fraction of sp³-hybridized carbons (Fsp3) is 0.200. The number of hydrogen-bond acceptors (Lipinski definition) is 8. The van der Waals surface area contributed by atoms with Gasteiger partial charge in [-0.25, -0.2) is 32.1 Å². The Bertz CT molecular complexity index is 1720. The number of aromatic amines is 1. The summed E-state index contributed by atoms with van der Waals surface area (Å²) in [5.74, 6) is -5.10. The van der Waals surface area contributed by atoms with Crippen molar-refractivity contribution in [3.8, 4) is 17.2 Å². The van der Waals surface area contributed by atoms with E-state index in [0.717, 1.165) is 41.7 Å². The van der Waals surface area contributed by atoms with Gasteiger partial charge in [-0.05, 0) is 31.2 Å². The highest BCUT2D eigenvalue weighted by Crippen LogP contribution is 2.27. The summed E-state index contributed by atoms with van der Waals surface area (Å²) in [6.07, 6.45) is -0.678. The monoisotopic (exact) mass is 579 g/mol. The molecule has 0 spiro atoms. The van der Waals surface area contributed by atoms with E-state index in [-0.39, 0.29) is 52.6 Å². The number of carboxylic acid groups (broad SMARTS) is 1. The Morgan fingerprint density at radius 2 is 1.85 bits per heavy atom. The van der Waals surface area contributed by atoms with Crippen LogP contribution in [0.1, 0.15) is 22.2 Å². The largest absolute Gasteiger partial charge is 0.491 e. The van der Waals surface area contributed by atoms with E-state index in [0.29, 0.717) is 4.57 Å². The molecule has 4 rings (SSSR count). The van der Waals surface area contributed by atoms with Crippen LogP contribution in [0.5, 0.6) is 11.5 Å². The Kier molecular flexibility index (Phi) is 8.43. The third kappa shape index (κ3) is 5.78. The maximum Gasteiger partial charge on any atom is 0.407 e. The first kappa shape index (κ1) is 28.2. The minimum Gasteiger partial charge on any atom is -0.491 e. The van der Waals surface area contributed by atoms with Crippen LogP contribution in [0.15, 0.2) is 45.3 Å². The third-order valence-corrected chi connectivity index (χ3v) is 6.41. The van der Waals surface area contributed by atoms with Crippen LogP contribution in [0.3, 0.4) is 0 Å². The Labute approximate surface area is 226 Å². The van der Waals surface area contributed by atoms with Crippen LogP contribution in [-0.2, 0) is 11.3 Å². The number of alkyl carbamates (subject to hydrolysis) is 1. The topological polar surface area (TPSA) is 149 Å². The average Bonchev–Trinajstić information content (AvgIpc) is 3.34. The number of carboxylic acids is 1. The Morgan fingerprint density at radius 1 is 1.10 bits per heavy atom. The van der Waals surface area contributed by atoms with Gasteiger partial charge in [0, 0.05) is 11.4 Å². The summed E-state index contributed by atoms with van der Waals surface area (Å²) in [6, 6.07) is 4.99. The molecule has 0 aliphatic heterocycles. The number of hydrogen-bond donors (Lipinski definition) is 3. The summed E-state index contributed by atoms with van der Waals surface area (Å²) in [5, 5.41) is 12.7. The summed E-state index contributed by atoms with van der Waals surface area (Å²) in [4.78, 5) is 50.5. The van der Waals surface area contributed by atoms with Crippen LogP contribution in [0, 0.1) is 17.5 Å². The third-order valence-electron chi connectivity index (χ3n) is 5.45. The number of thiophene rings is 1. The molecule has 0 aliphatic carbocycles. The van der Waals surface area contributed by atoms with Crippen molar-refractivity contribution in [2.24, 2.45) is 0 Å². The second-order valence-electron chi connectivity index (χ2n) is 7.97. The summed E-state index contributed by atoms with van der Waals surface area (Å²) >= 11 is 0.719.